The van der Waals surface area contributed by atoms with Gasteiger partial charge in [0.25, 0.3) is 0 Å². The van der Waals surface area contributed by atoms with E-state index in [0.29, 0.717) is 13.1 Å². The van der Waals surface area contributed by atoms with Crippen LogP contribution >= 0.6 is 0 Å². The molecule has 0 unspecified atom stereocenters. The third-order valence-corrected chi connectivity index (χ3v) is 5.21. The molecule has 152 valence electrons. The molecular weight excluding hydrogens is 357 g/mol. The van der Waals surface area contributed by atoms with Crippen LogP contribution in [0.1, 0.15) is 12.5 Å². The highest BCUT2D eigenvalue weighted by atomic mass is 19.1. The van der Waals surface area contributed by atoms with Crippen LogP contribution in [0, 0.1) is 5.82 Å². The Balaban J connectivity index is 1.34. The van der Waals surface area contributed by atoms with Gasteiger partial charge in [-0.15, -0.1) is 0 Å². The minimum Gasteiger partial charge on any atom is -0.369 e. The zero-order chi connectivity index (χ0) is 19.9. The summed E-state index contributed by atoms with van der Waals surface area (Å²) in [7, 11) is 1.82. The summed E-state index contributed by atoms with van der Waals surface area (Å²) in [6.07, 6.45) is 4.11. The number of aromatic nitrogens is 1. The lowest BCUT2D eigenvalue weighted by Gasteiger charge is -2.36. The molecule has 0 spiro atoms. The van der Waals surface area contributed by atoms with Crippen LogP contribution in [0.5, 0.6) is 0 Å². The molecule has 1 aromatic carbocycles. The molecular formula is C21H30FN5O. The fraction of sp³-hybridized carbons (Fsp3) is 0.476. The van der Waals surface area contributed by atoms with Crippen molar-refractivity contribution < 1.29 is 9.18 Å². The number of hydrogen-bond acceptors (Lipinski definition) is 3. The highest BCUT2D eigenvalue weighted by molar-refractivity contribution is 5.73. The maximum atomic E-state index is 13.1. The van der Waals surface area contributed by atoms with Crippen molar-refractivity contribution in [1.29, 1.82) is 0 Å². The van der Waals surface area contributed by atoms with Gasteiger partial charge in [-0.3, -0.25) is 4.90 Å². The number of urea groups is 1. The van der Waals surface area contributed by atoms with Gasteiger partial charge in [0.1, 0.15) is 5.82 Å². The van der Waals surface area contributed by atoms with E-state index in [1.165, 1.54) is 12.1 Å². The number of carbonyl (C=O) groups is 1. The largest absolute Gasteiger partial charge is 0.369 e. The number of nitrogens with zero attached hydrogens (tertiary/aromatic N) is 4. The average molecular weight is 388 g/mol. The van der Waals surface area contributed by atoms with Gasteiger partial charge in [0.15, 0.2) is 0 Å². The number of halogens is 1. The quantitative estimate of drug-likeness (QED) is 0.794. The molecule has 1 aliphatic heterocycles. The second kappa shape index (κ2) is 9.59. The lowest BCUT2D eigenvalue weighted by atomic mass is 10.2. The van der Waals surface area contributed by atoms with Crippen molar-refractivity contribution in [2.75, 3.05) is 51.2 Å². The monoisotopic (exact) mass is 387 g/mol. The Morgan fingerprint density at radius 1 is 1.14 bits per heavy atom. The zero-order valence-corrected chi connectivity index (χ0v) is 16.8. The van der Waals surface area contributed by atoms with E-state index in [2.05, 4.69) is 32.8 Å². The number of aryl methyl sites for hydroxylation is 1. The Labute approximate surface area is 166 Å². The van der Waals surface area contributed by atoms with Crippen molar-refractivity contribution in [1.82, 2.24) is 19.7 Å². The third kappa shape index (κ3) is 5.48. The molecule has 2 amide bonds. The van der Waals surface area contributed by atoms with E-state index in [0.717, 1.165) is 50.5 Å². The molecule has 2 heterocycles. The van der Waals surface area contributed by atoms with Gasteiger partial charge in [-0.2, -0.15) is 0 Å². The predicted octanol–water partition coefficient (Wildman–Crippen LogP) is 2.61. The van der Waals surface area contributed by atoms with E-state index in [1.54, 1.807) is 4.90 Å². The molecule has 0 bridgehead atoms. The number of rotatable bonds is 7. The minimum absolute atomic E-state index is 0.0470. The van der Waals surface area contributed by atoms with Gasteiger partial charge in [0.2, 0.25) is 0 Å². The van der Waals surface area contributed by atoms with Crippen LogP contribution < -0.4 is 10.2 Å². The molecule has 6 nitrogen and oxygen atoms in total. The smallest absolute Gasteiger partial charge is 0.317 e. The number of amides is 2. The lowest BCUT2D eigenvalue weighted by Crippen LogP contribution is -2.49. The van der Waals surface area contributed by atoms with Crippen LogP contribution in [0.3, 0.4) is 0 Å². The molecule has 2 aromatic rings. The molecule has 0 aliphatic carbocycles. The van der Waals surface area contributed by atoms with E-state index >= 15 is 0 Å². The molecule has 0 radical (unpaired) electrons. The summed E-state index contributed by atoms with van der Waals surface area (Å²) in [6, 6.07) is 8.67. The van der Waals surface area contributed by atoms with Crippen molar-refractivity contribution >= 4 is 11.7 Å². The molecule has 1 N–H and O–H groups in total. The van der Waals surface area contributed by atoms with Crippen molar-refractivity contribution in [2.24, 2.45) is 0 Å². The van der Waals surface area contributed by atoms with Crippen LogP contribution in [0.25, 0.3) is 0 Å². The van der Waals surface area contributed by atoms with E-state index < -0.39 is 0 Å². The highest BCUT2D eigenvalue weighted by Gasteiger charge is 2.17. The number of carbonyl (C=O) groups excluding carboxylic acids is 1. The zero-order valence-electron chi connectivity index (χ0n) is 16.8. The van der Waals surface area contributed by atoms with E-state index in [1.807, 2.05) is 31.4 Å². The molecule has 1 aliphatic rings. The number of piperazine rings is 1. The Morgan fingerprint density at radius 2 is 1.86 bits per heavy atom. The third-order valence-electron chi connectivity index (χ3n) is 5.21. The van der Waals surface area contributed by atoms with Gasteiger partial charge < -0.3 is 19.7 Å². The van der Waals surface area contributed by atoms with E-state index in [9.17, 15) is 9.18 Å². The van der Waals surface area contributed by atoms with Crippen LogP contribution in [0.15, 0.2) is 42.7 Å². The second-order valence-electron chi connectivity index (χ2n) is 7.24. The van der Waals surface area contributed by atoms with Gasteiger partial charge >= 0.3 is 6.03 Å². The van der Waals surface area contributed by atoms with Crippen LogP contribution in [0.2, 0.25) is 0 Å². The first-order valence-electron chi connectivity index (χ1n) is 9.91. The topological polar surface area (TPSA) is 43.8 Å². The molecule has 28 heavy (non-hydrogen) atoms. The summed E-state index contributed by atoms with van der Waals surface area (Å²) in [5.41, 5.74) is 2.20. The number of benzene rings is 1. The van der Waals surface area contributed by atoms with Gasteiger partial charge in [0, 0.05) is 77.5 Å². The lowest BCUT2D eigenvalue weighted by molar-refractivity contribution is 0.202. The van der Waals surface area contributed by atoms with Crippen LogP contribution in [-0.2, 0) is 13.1 Å². The molecule has 0 saturated carbocycles. The Morgan fingerprint density at radius 3 is 2.50 bits per heavy atom. The first-order valence-corrected chi connectivity index (χ1v) is 9.91. The fourth-order valence-electron chi connectivity index (χ4n) is 3.46. The Bertz CT molecular complexity index is 752. The van der Waals surface area contributed by atoms with Gasteiger partial charge in [-0.05, 0) is 42.8 Å². The van der Waals surface area contributed by atoms with Gasteiger partial charge in [0.05, 0.1) is 0 Å². The first-order chi connectivity index (χ1) is 13.5. The average Bonchev–Trinajstić information content (AvgIpc) is 3.16. The normalized spacial score (nSPS) is 14.9. The molecule has 1 aromatic heterocycles. The Hall–Kier alpha value is -2.54. The van der Waals surface area contributed by atoms with Crippen molar-refractivity contribution in [3.05, 3.63) is 54.1 Å². The molecule has 1 fully saturated rings. The molecule has 3 rings (SSSR count). The number of anilines is 1. The summed E-state index contributed by atoms with van der Waals surface area (Å²) in [5, 5.41) is 3.00. The first kappa shape index (κ1) is 20.2. The Kier molecular flexibility index (Phi) is 6.92. The SMILES string of the molecule is CCn1ccc(CN(C)C(=O)NCCN2CCN(c3ccc(F)cc3)CC2)c1. The van der Waals surface area contributed by atoms with E-state index in [-0.39, 0.29) is 11.8 Å². The van der Waals surface area contributed by atoms with Crippen molar-refractivity contribution in [3.8, 4) is 0 Å². The molecule has 0 atom stereocenters. The van der Waals surface area contributed by atoms with Crippen LogP contribution in [0.4, 0.5) is 14.9 Å². The fourth-order valence-corrected chi connectivity index (χ4v) is 3.46. The van der Waals surface area contributed by atoms with Gasteiger partial charge in [-0.1, -0.05) is 0 Å². The van der Waals surface area contributed by atoms with Gasteiger partial charge in [-0.25, -0.2) is 9.18 Å². The number of hydrogen-bond donors (Lipinski definition) is 1. The maximum Gasteiger partial charge on any atom is 0.317 e. The molecule has 7 heteroatoms. The van der Waals surface area contributed by atoms with Crippen molar-refractivity contribution in [2.45, 2.75) is 20.0 Å². The van der Waals surface area contributed by atoms with E-state index in [4.69, 9.17) is 0 Å². The summed E-state index contributed by atoms with van der Waals surface area (Å²) in [5.74, 6) is -0.203. The summed E-state index contributed by atoms with van der Waals surface area (Å²) in [4.78, 5) is 18.6. The molecule has 1 saturated heterocycles. The highest BCUT2D eigenvalue weighted by Crippen LogP contribution is 2.16. The predicted molar refractivity (Wildman–Crippen MR) is 110 cm³/mol. The van der Waals surface area contributed by atoms with Crippen LogP contribution in [-0.4, -0.2) is 66.7 Å². The summed E-state index contributed by atoms with van der Waals surface area (Å²) in [6.45, 7) is 8.81. The summed E-state index contributed by atoms with van der Waals surface area (Å²) < 4.78 is 15.2. The maximum absolute atomic E-state index is 13.1. The second-order valence-corrected chi connectivity index (χ2v) is 7.24. The minimum atomic E-state index is -0.203. The number of nitrogens with one attached hydrogen (secondary N) is 1. The van der Waals surface area contributed by atoms with Crippen molar-refractivity contribution in [3.63, 3.8) is 0 Å². The standard InChI is InChI=1S/C21H30FN5O/c1-3-25-10-8-18(17-25)16-24(2)21(28)23-9-11-26-12-14-27(15-13-26)20-6-4-19(22)5-7-20/h4-8,10,17H,3,9,11-16H2,1-2H3,(H,23,28). The summed E-state index contributed by atoms with van der Waals surface area (Å²) >= 11 is 0.